The van der Waals surface area contributed by atoms with Crippen LogP contribution < -0.4 is 5.32 Å². The topological polar surface area (TPSA) is 52.7 Å². The molecule has 2 bridgehead atoms. The Kier molecular flexibility index (Phi) is 4.39. The van der Waals surface area contributed by atoms with Gasteiger partial charge in [0.1, 0.15) is 0 Å². The fourth-order valence-corrected chi connectivity index (χ4v) is 3.73. The van der Waals surface area contributed by atoms with E-state index < -0.39 is 0 Å². The molecule has 5 heteroatoms. The number of carbonyl (C=O) groups excluding carboxylic acids is 2. The number of fused-ring (bicyclic) bond motifs is 2. The van der Waals surface area contributed by atoms with Crippen LogP contribution in [0.25, 0.3) is 0 Å². The van der Waals surface area contributed by atoms with Crippen LogP contribution in [0.3, 0.4) is 0 Å². The molecule has 23 heavy (non-hydrogen) atoms. The summed E-state index contributed by atoms with van der Waals surface area (Å²) in [5, 5.41) is 3.60. The van der Waals surface area contributed by atoms with Gasteiger partial charge < -0.3 is 15.1 Å². The second kappa shape index (κ2) is 6.32. The van der Waals surface area contributed by atoms with Crippen LogP contribution in [-0.4, -0.2) is 60.9 Å². The molecule has 2 fully saturated rings. The van der Waals surface area contributed by atoms with Crippen LogP contribution >= 0.6 is 0 Å². The Balaban J connectivity index is 1.68. The summed E-state index contributed by atoms with van der Waals surface area (Å²) in [5.41, 5.74) is 1.25. The number of benzene rings is 1. The van der Waals surface area contributed by atoms with Crippen molar-refractivity contribution in [2.45, 2.75) is 43.8 Å². The van der Waals surface area contributed by atoms with Gasteiger partial charge in [-0.3, -0.25) is 9.59 Å². The first kappa shape index (κ1) is 16.0. The van der Waals surface area contributed by atoms with Crippen LogP contribution in [0.1, 0.15) is 46.4 Å². The Labute approximate surface area is 137 Å². The standard InChI is InChI=1S/C18H25N3O2/c1-20(2)17(22)12-4-6-13(7-5-12)18(23)21(3)16-10-14-8-9-15(11-16)19-14/h4-7,14-16,19H,8-11H2,1-3H3. The maximum Gasteiger partial charge on any atom is 0.253 e. The molecule has 5 nitrogen and oxygen atoms in total. The van der Waals surface area contributed by atoms with Crippen molar-refractivity contribution < 1.29 is 9.59 Å². The Morgan fingerprint density at radius 2 is 1.39 bits per heavy atom. The molecule has 0 saturated carbocycles. The summed E-state index contributed by atoms with van der Waals surface area (Å²) < 4.78 is 0. The van der Waals surface area contributed by atoms with Crippen molar-refractivity contribution in [3.8, 4) is 0 Å². The van der Waals surface area contributed by atoms with Gasteiger partial charge in [-0.1, -0.05) is 0 Å². The van der Waals surface area contributed by atoms with E-state index in [1.807, 2.05) is 11.9 Å². The number of amides is 2. The van der Waals surface area contributed by atoms with Crippen molar-refractivity contribution in [3.63, 3.8) is 0 Å². The molecule has 2 saturated heterocycles. The lowest BCUT2D eigenvalue weighted by atomic mass is 9.98. The molecule has 124 valence electrons. The highest BCUT2D eigenvalue weighted by atomic mass is 16.2. The molecule has 3 rings (SSSR count). The molecule has 0 spiro atoms. The zero-order valence-electron chi connectivity index (χ0n) is 14.1. The largest absolute Gasteiger partial charge is 0.345 e. The average Bonchev–Trinajstić information content (AvgIpc) is 2.90. The Morgan fingerprint density at radius 3 is 1.87 bits per heavy atom. The van der Waals surface area contributed by atoms with Gasteiger partial charge in [-0.05, 0) is 49.9 Å². The molecule has 2 aliphatic rings. The summed E-state index contributed by atoms with van der Waals surface area (Å²) in [6, 6.07) is 8.41. The van der Waals surface area contributed by atoms with Crippen LogP contribution in [0.5, 0.6) is 0 Å². The smallest absolute Gasteiger partial charge is 0.253 e. The van der Waals surface area contributed by atoms with E-state index in [0.717, 1.165) is 12.8 Å². The van der Waals surface area contributed by atoms with E-state index in [2.05, 4.69) is 5.32 Å². The van der Waals surface area contributed by atoms with Crippen molar-refractivity contribution in [2.75, 3.05) is 21.1 Å². The van der Waals surface area contributed by atoms with E-state index in [4.69, 9.17) is 0 Å². The molecule has 1 aromatic rings. The summed E-state index contributed by atoms with van der Waals surface area (Å²) in [7, 11) is 5.35. The fraction of sp³-hybridized carbons (Fsp3) is 0.556. The highest BCUT2D eigenvalue weighted by Crippen LogP contribution is 2.29. The number of rotatable bonds is 3. The van der Waals surface area contributed by atoms with Crippen molar-refractivity contribution in [1.29, 1.82) is 0 Å². The highest BCUT2D eigenvalue weighted by Gasteiger charge is 2.36. The third kappa shape index (κ3) is 3.24. The molecular weight excluding hydrogens is 290 g/mol. The monoisotopic (exact) mass is 315 g/mol. The number of nitrogens with one attached hydrogen (secondary N) is 1. The third-order valence-corrected chi connectivity index (χ3v) is 5.10. The maximum absolute atomic E-state index is 12.7. The summed E-state index contributed by atoms with van der Waals surface area (Å²) >= 11 is 0. The van der Waals surface area contributed by atoms with Crippen LogP contribution in [-0.2, 0) is 0 Å². The number of piperidine rings is 1. The minimum Gasteiger partial charge on any atom is -0.345 e. The summed E-state index contributed by atoms with van der Waals surface area (Å²) in [6.45, 7) is 0. The van der Waals surface area contributed by atoms with Crippen LogP contribution in [0.4, 0.5) is 0 Å². The van der Waals surface area contributed by atoms with E-state index in [1.54, 1.807) is 38.4 Å². The zero-order valence-corrected chi connectivity index (χ0v) is 14.1. The highest BCUT2D eigenvalue weighted by molar-refractivity contribution is 5.97. The lowest BCUT2D eigenvalue weighted by Gasteiger charge is -2.35. The molecule has 1 aromatic carbocycles. The van der Waals surface area contributed by atoms with E-state index in [-0.39, 0.29) is 11.8 Å². The molecule has 0 radical (unpaired) electrons. The van der Waals surface area contributed by atoms with Crippen molar-refractivity contribution in [3.05, 3.63) is 35.4 Å². The van der Waals surface area contributed by atoms with Crippen LogP contribution in [0, 0.1) is 0 Å². The van der Waals surface area contributed by atoms with Crippen molar-refractivity contribution in [1.82, 2.24) is 15.1 Å². The molecule has 2 aliphatic heterocycles. The Hall–Kier alpha value is -1.88. The van der Waals surface area contributed by atoms with Gasteiger partial charge in [0.2, 0.25) is 0 Å². The minimum absolute atomic E-state index is 0.0418. The van der Waals surface area contributed by atoms with Gasteiger partial charge in [0.25, 0.3) is 11.8 Å². The van der Waals surface area contributed by atoms with Crippen LogP contribution in [0.15, 0.2) is 24.3 Å². The molecule has 2 heterocycles. The van der Waals surface area contributed by atoms with E-state index >= 15 is 0 Å². The first-order valence-corrected chi connectivity index (χ1v) is 8.30. The van der Waals surface area contributed by atoms with E-state index in [0.29, 0.717) is 29.3 Å². The Morgan fingerprint density at radius 1 is 0.913 bits per heavy atom. The molecule has 2 atom stereocenters. The van der Waals surface area contributed by atoms with E-state index in [9.17, 15) is 9.59 Å². The second-order valence-corrected chi connectivity index (χ2v) is 6.96. The lowest BCUT2D eigenvalue weighted by molar-refractivity contribution is 0.0680. The van der Waals surface area contributed by atoms with Gasteiger partial charge in [0.15, 0.2) is 0 Å². The van der Waals surface area contributed by atoms with Gasteiger partial charge in [0.05, 0.1) is 0 Å². The number of carbonyl (C=O) groups is 2. The number of hydrogen-bond donors (Lipinski definition) is 1. The molecule has 0 aliphatic carbocycles. The fourth-order valence-electron chi connectivity index (χ4n) is 3.73. The molecule has 0 aromatic heterocycles. The van der Waals surface area contributed by atoms with Gasteiger partial charge in [-0.15, -0.1) is 0 Å². The average molecular weight is 315 g/mol. The van der Waals surface area contributed by atoms with Gasteiger partial charge >= 0.3 is 0 Å². The first-order chi connectivity index (χ1) is 11.0. The quantitative estimate of drug-likeness (QED) is 0.924. The maximum atomic E-state index is 12.7. The van der Waals surface area contributed by atoms with Crippen molar-refractivity contribution in [2.24, 2.45) is 0 Å². The number of nitrogens with zero attached hydrogens (tertiary/aromatic N) is 2. The van der Waals surface area contributed by atoms with Crippen LogP contribution in [0.2, 0.25) is 0 Å². The predicted octanol–water partition coefficient (Wildman–Crippen LogP) is 1.74. The first-order valence-electron chi connectivity index (χ1n) is 8.30. The van der Waals surface area contributed by atoms with E-state index in [1.165, 1.54) is 17.7 Å². The SMILES string of the molecule is CN(C)C(=O)c1ccc(C(=O)N(C)C2CC3CCC(C2)N3)cc1. The lowest BCUT2D eigenvalue weighted by Crippen LogP contribution is -2.48. The van der Waals surface area contributed by atoms with Gasteiger partial charge in [-0.2, -0.15) is 0 Å². The van der Waals surface area contributed by atoms with Gasteiger partial charge in [0, 0.05) is 50.4 Å². The molecule has 2 unspecified atom stereocenters. The predicted molar refractivity (Wildman–Crippen MR) is 89.5 cm³/mol. The normalized spacial score (nSPS) is 26.0. The molecular formula is C18H25N3O2. The molecule has 2 amide bonds. The summed E-state index contributed by atoms with van der Waals surface area (Å²) in [4.78, 5) is 28.0. The Bertz CT molecular complexity index is 585. The number of hydrogen-bond acceptors (Lipinski definition) is 3. The summed E-state index contributed by atoms with van der Waals surface area (Å²) in [5.74, 6) is -0.00700. The van der Waals surface area contributed by atoms with Crippen molar-refractivity contribution >= 4 is 11.8 Å². The summed E-state index contributed by atoms with van der Waals surface area (Å²) in [6.07, 6.45) is 4.53. The zero-order chi connectivity index (χ0) is 16.6. The third-order valence-electron chi connectivity index (χ3n) is 5.10. The second-order valence-electron chi connectivity index (χ2n) is 6.96. The molecule has 1 N–H and O–H groups in total. The minimum atomic E-state index is -0.0488. The van der Waals surface area contributed by atoms with Gasteiger partial charge in [-0.25, -0.2) is 0 Å².